The lowest BCUT2D eigenvalue weighted by Crippen LogP contribution is -2.34. The van der Waals surface area contributed by atoms with Gasteiger partial charge in [0.25, 0.3) is 0 Å². The molecule has 0 radical (unpaired) electrons. The van der Waals surface area contributed by atoms with Crippen LogP contribution in [0.4, 0.5) is 4.39 Å². The third-order valence-electron chi connectivity index (χ3n) is 4.92. The maximum Gasteiger partial charge on any atom is 0.219 e. The molecule has 0 saturated carbocycles. The number of unbranched alkanes of at least 4 members (excludes halogenated alkanes) is 3. The van der Waals surface area contributed by atoms with Crippen LogP contribution in [0.15, 0.2) is 24.3 Å². The van der Waals surface area contributed by atoms with E-state index in [0.29, 0.717) is 6.54 Å². The predicted molar refractivity (Wildman–Crippen MR) is 96.6 cm³/mol. The number of aromatic nitrogens is 2. The summed E-state index contributed by atoms with van der Waals surface area (Å²) in [5.41, 5.74) is 4.14. The molecule has 5 heteroatoms. The lowest BCUT2D eigenvalue weighted by atomic mass is 10.0. The van der Waals surface area contributed by atoms with Gasteiger partial charge in [-0.15, -0.1) is 0 Å². The molecular weight excluding hydrogens is 317 g/mol. The highest BCUT2D eigenvalue weighted by Crippen LogP contribution is 2.30. The fourth-order valence-corrected chi connectivity index (χ4v) is 3.47. The monoisotopic (exact) mass is 343 g/mol. The Morgan fingerprint density at radius 1 is 1.20 bits per heavy atom. The number of carbonyl (C=O) groups is 1. The van der Waals surface area contributed by atoms with Crippen molar-refractivity contribution < 1.29 is 9.18 Å². The molecule has 25 heavy (non-hydrogen) atoms. The van der Waals surface area contributed by atoms with Crippen molar-refractivity contribution in [1.29, 1.82) is 0 Å². The molecule has 0 atom stereocenters. The molecule has 2 heterocycles. The molecule has 0 unspecified atom stereocenters. The van der Waals surface area contributed by atoms with Crippen molar-refractivity contribution in [3.63, 3.8) is 0 Å². The van der Waals surface area contributed by atoms with Crippen molar-refractivity contribution in [1.82, 2.24) is 14.7 Å². The fourth-order valence-electron chi connectivity index (χ4n) is 3.47. The van der Waals surface area contributed by atoms with E-state index in [4.69, 9.17) is 5.10 Å². The molecule has 4 nitrogen and oxygen atoms in total. The molecule has 0 spiro atoms. The highest BCUT2D eigenvalue weighted by atomic mass is 19.1. The number of halogens is 1. The zero-order valence-electron chi connectivity index (χ0n) is 15.1. The van der Waals surface area contributed by atoms with Crippen LogP contribution in [0, 0.1) is 5.82 Å². The molecule has 0 aliphatic carbocycles. The van der Waals surface area contributed by atoms with E-state index in [1.807, 2.05) is 4.90 Å². The summed E-state index contributed by atoms with van der Waals surface area (Å²) in [6.07, 6.45) is 5.60. The van der Waals surface area contributed by atoms with Gasteiger partial charge in [0.1, 0.15) is 5.82 Å². The van der Waals surface area contributed by atoms with Crippen molar-refractivity contribution in [3.05, 3.63) is 41.3 Å². The third-order valence-corrected chi connectivity index (χ3v) is 4.92. The van der Waals surface area contributed by atoms with Crippen LogP contribution in [0.25, 0.3) is 11.3 Å². The zero-order chi connectivity index (χ0) is 17.8. The Labute approximate surface area is 148 Å². The van der Waals surface area contributed by atoms with Gasteiger partial charge in [-0.2, -0.15) is 5.10 Å². The van der Waals surface area contributed by atoms with Gasteiger partial charge >= 0.3 is 0 Å². The molecule has 0 bridgehead atoms. The van der Waals surface area contributed by atoms with Gasteiger partial charge in [-0.05, 0) is 30.7 Å². The van der Waals surface area contributed by atoms with E-state index < -0.39 is 0 Å². The molecule has 1 aliphatic heterocycles. The number of aryl methyl sites for hydroxylation is 1. The number of hydrogen-bond acceptors (Lipinski definition) is 2. The van der Waals surface area contributed by atoms with Crippen molar-refractivity contribution >= 4 is 5.91 Å². The molecule has 0 N–H and O–H groups in total. The van der Waals surface area contributed by atoms with Crippen molar-refractivity contribution in [2.45, 2.75) is 59.0 Å². The molecular formula is C20H26FN3O. The Kier molecular flexibility index (Phi) is 5.51. The van der Waals surface area contributed by atoms with Crippen molar-refractivity contribution in [2.75, 3.05) is 6.54 Å². The summed E-state index contributed by atoms with van der Waals surface area (Å²) < 4.78 is 15.4. The minimum absolute atomic E-state index is 0.0893. The molecule has 3 rings (SSSR count). The first kappa shape index (κ1) is 17.6. The molecule has 134 valence electrons. The van der Waals surface area contributed by atoms with Gasteiger partial charge in [0.05, 0.1) is 5.69 Å². The highest BCUT2D eigenvalue weighted by Gasteiger charge is 2.26. The Bertz CT molecular complexity index is 736. The first-order valence-corrected chi connectivity index (χ1v) is 9.20. The number of rotatable bonds is 6. The lowest BCUT2D eigenvalue weighted by molar-refractivity contribution is -0.129. The summed E-state index contributed by atoms with van der Waals surface area (Å²) in [5, 5.41) is 4.84. The second-order valence-electron chi connectivity index (χ2n) is 6.76. The van der Waals surface area contributed by atoms with E-state index in [2.05, 4.69) is 11.6 Å². The van der Waals surface area contributed by atoms with Gasteiger partial charge in [-0.1, -0.05) is 26.2 Å². The van der Waals surface area contributed by atoms with Crippen LogP contribution in [0.5, 0.6) is 0 Å². The Morgan fingerprint density at radius 3 is 2.64 bits per heavy atom. The number of fused-ring (bicyclic) bond motifs is 1. The zero-order valence-corrected chi connectivity index (χ0v) is 15.1. The van der Waals surface area contributed by atoms with Crippen LogP contribution >= 0.6 is 0 Å². The minimum atomic E-state index is -0.248. The lowest BCUT2D eigenvalue weighted by Gasteiger charge is -2.27. The number of hydrogen-bond donors (Lipinski definition) is 0. The molecule has 0 fully saturated rings. The second-order valence-corrected chi connectivity index (χ2v) is 6.76. The van der Waals surface area contributed by atoms with E-state index in [1.165, 1.54) is 37.1 Å². The van der Waals surface area contributed by atoms with E-state index in [-0.39, 0.29) is 11.7 Å². The van der Waals surface area contributed by atoms with Crippen LogP contribution in [-0.2, 0) is 24.3 Å². The predicted octanol–water partition coefficient (Wildman–Crippen LogP) is 4.17. The van der Waals surface area contributed by atoms with Crippen LogP contribution in [0.1, 0.15) is 50.8 Å². The summed E-state index contributed by atoms with van der Waals surface area (Å²) in [4.78, 5) is 13.7. The Morgan fingerprint density at radius 2 is 1.96 bits per heavy atom. The van der Waals surface area contributed by atoms with E-state index in [0.717, 1.165) is 42.8 Å². The standard InChI is InChI=1S/C20H26FN3O/c1-3-4-5-6-12-24-19-11-13-23(15(2)25)14-18(19)20(22-24)16-7-9-17(21)10-8-16/h7-10H,3-6,11-14H2,1-2H3. The number of carbonyl (C=O) groups excluding carboxylic acids is 1. The first-order valence-electron chi connectivity index (χ1n) is 9.20. The third kappa shape index (κ3) is 3.91. The minimum Gasteiger partial charge on any atom is -0.338 e. The van der Waals surface area contributed by atoms with Crippen LogP contribution < -0.4 is 0 Å². The summed E-state index contributed by atoms with van der Waals surface area (Å²) in [6, 6.07) is 6.47. The van der Waals surface area contributed by atoms with Crippen molar-refractivity contribution in [2.24, 2.45) is 0 Å². The summed E-state index contributed by atoms with van der Waals surface area (Å²) in [6.45, 7) is 6.05. The van der Waals surface area contributed by atoms with Crippen LogP contribution in [-0.4, -0.2) is 27.1 Å². The number of nitrogens with zero attached hydrogens (tertiary/aromatic N) is 3. The summed E-state index contributed by atoms with van der Waals surface area (Å²) >= 11 is 0. The quantitative estimate of drug-likeness (QED) is 0.738. The first-order chi connectivity index (χ1) is 12.1. The maximum absolute atomic E-state index is 13.3. The Balaban J connectivity index is 1.92. The SMILES string of the molecule is CCCCCCn1nc(-c2ccc(F)cc2)c2c1CCN(C(C)=O)C2. The largest absolute Gasteiger partial charge is 0.338 e. The van der Waals surface area contributed by atoms with Gasteiger partial charge in [0.2, 0.25) is 5.91 Å². The van der Waals surface area contributed by atoms with E-state index in [1.54, 1.807) is 19.1 Å². The average Bonchev–Trinajstić information content (AvgIpc) is 2.97. The molecule has 0 saturated heterocycles. The van der Waals surface area contributed by atoms with E-state index in [9.17, 15) is 9.18 Å². The topological polar surface area (TPSA) is 38.1 Å². The van der Waals surface area contributed by atoms with Crippen molar-refractivity contribution in [3.8, 4) is 11.3 Å². The number of amides is 1. The van der Waals surface area contributed by atoms with Crippen LogP contribution in [0.2, 0.25) is 0 Å². The van der Waals surface area contributed by atoms with Gasteiger partial charge in [0.15, 0.2) is 0 Å². The molecule has 1 aromatic heterocycles. The Hall–Kier alpha value is -2.17. The van der Waals surface area contributed by atoms with Crippen LogP contribution in [0.3, 0.4) is 0 Å². The molecule has 2 aromatic rings. The average molecular weight is 343 g/mol. The van der Waals surface area contributed by atoms with Gasteiger partial charge < -0.3 is 4.90 Å². The molecule has 1 amide bonds. The number of benzene rings is 1. The molecule has 1 aromatic carbocycles. The summed E-state index contributed by atoms with van der Waals surface area (Å²) in [7, 11) is 0. The maximum atomic E-state index is 13.3. The molecule has 1 aliphatic rings. The van der Waals surface area contributed by atoms with E-state index >= 15 is 0 Å². The second kappa shape index (κ2) is 7.81. The fraction of sp³-hybridized carbons (Fsp3) is 0.500. The smallest absolute Gasteiger partial charge is 0.219 e. The normalized spacial score (nSPS) is 13.8. The highest BCUT2D eigenvalue weighted by molar-refractivity contribution is 5.74. The van der Waals surface area contributed by atoms with Gasteiger partial charge in [-0.3, -0.25) is 9.48 Å². The summed E-state index contributed by atoms with van der Waals surface area (Å²) in [5.74, 6) is -0.159. The van der Waals surface area contributed by atoms with Gasteiger partial charge in [0, 0.05) is 49.8 Å². The van der Waals surface area contributed by atoms with Gasteiger partial charge in [-0.25, -0.2) is 4.39 Å².